The molecule has 0 aliphatic heterocycles. The molecule has 0 aromatic rings. The molecule has 0 fully saturated rings. The number of hydrogen-bond acceptors (Lipinski definition) is 3. The molecule has 21 heavy (non-hydrogen) atoms. The third-order valence-corrected chi connectivity index (χ3v) is 3.55. The lowest BCUT2D eigenvalue weighted by Crippen LogP contribution is -2.31. The second kappa shape index (κ2) is 15.6. The number of halogens is 1. The number of nitrogens with one attached hydrogen (secondary N) is 1. The zero-order chi connectivity index (χ0) is 15.8. The van der Waals surface area contributed by atoms with Crippen LogP contribution in [-0.4, -0.2) is 30.9 Å². The maximum absolute atomic E-state index is 11.2. The van der Waals surface area contributed by atoms with Gasteiger partial charge in [0.05, 0.1) is 6.61 Å². The minimum Gasteiger partial charge on any atom is -0.464 e. The van der Waals surface area contributed by atoms with Crippen molar-refractivity contribution in [3.8, 4) is 0 Å². The summed E-state index contributed by atoms with van der Waals surface area (Å²) in [5.74, 6) is -0.886. The first-order valence-corrected chi connectivity index (χ1v) is 8.72. The molecule has 0 heterocycles. The van der Waals surface area contributed by atoms with Crippen LogP contribution >= 0.6 is 11.6 Å². The van der Waals surface area contributed by atoms with E-state index in [1.807, 2.05) is 0 Å². The molecule has 0 spiro atoms. The van der Waals surface area contributed by atoms with Crippen LogP contribution in [0.4, 0.5) is 0 Å². The fourth-order valence-corrected chi connectivity index (χ4v) is 2.14. The summed E-state index contributed by atoms with van der Waals surface area (Å²) in [5, 5.41) is 2.38. The van der Waals surface area contributed by atoms with Gasteiger partial charge in [-0.15, -0.1) is 11.6 Å². The fourth-order valence-electron chi connectivity index (χ4n) is 2.04. The third-order valence-electron chi connectivity index (χ3n) is 3.31. The van der Waals surface area contributed by atoms with E-state index in [-0.39, 0.29) is 18.3 Å². The van der Waals surface area contributed by atoms with Crippen LogP contribution in [-0.2, 0) is 14.3 Å². The van der Waals surface area contributed by atoms with Crippen LogP contribution in [0.15, 0.2) is 0 Å². The molecule has 0 aliphatic rings. The number of carbonyl (C=O) groups is 2. The molecule has 0 bridgehead atoms. The fraction of sp³-hybridized carbons (Fsp3) is 0.875. The van der Waals surface area contributed by atoms with Gasteiger partial charge < -0.3 is 10.1 Å². The van der Waals surface area contributed by atoms with Crippen LogP contribution in [0.5, 0.6) is 0 Å². The Morgan fingerprint density at radius 2 is 1.43 bits per heavy atom. The standard InChI is InChI=1S/C16H30ClNO3/c1-2-3-4-5-6-7-8-9-10-11-12-21-16(20)14-18-15(19)13-17/h2-14H2,1H3,(H,18,19). The SMILES string of the molecule is CCCCCCCCCCCCOC(=O)CNC(=O)CCl. The summed E-state index contributed by atoms with van der Waals surface area (Å²) in [6.45, 7) is 2.58. The lowest BCUT2D eigenvalue weighted by atomic mass is 10.1. The Bertz CT molecular complexity index is 272. The molecule has 0 atom stereocenters. The van der Waals surface area contributed by atoms with E-state index in [0.29, 0.717) is 6.61 Å². The Morgan fingerprint density at radius 1 is 0.905 bits per heavy atom. The minimum atomic E-state index is -0.399. The molecule has 0 aromatic carbocycles. The van der Waals surface area contributed by atoms with Gasteiger partial charge in [-0.2, -0.15) is 0 Å². The number of rotatable bonds is 14. The quantitative estimate of drug-likeness (QED) is 0.301. The minimum absolute atomic E-state index is 0.0939. The maximum Gasteiger partial charge on any atom is 0.325 e. The van der Waals surface area contributed by atoms with E-state index in [1.54, 1.807) is 0 Å². The number of carbonyl (C=O) groups excluding carboxylic acids is 2. The molecular formula is C16H30ClNO3. The zero-order valence-corrected chi connectivity index (χ0v) is 14.1. The second-order valence-electron chi connectivity index (χ2n) is 5.31. The molecule has 4 nitrogen and oxygen atoms in total. The van der Waals surface area contributed by atoms with Crippen LogP contribution in [0.25, 0.3) is 0 Å². The molecule has 0 aromatic heterocycles. The van der Waals surface area contributed by atoms with E-state index in [4.69, 9.17) is 16.3 Å². The van der Waals surface area contributed by atoms with Gasteiger partial charge in [-0.1, -0.05) is 64.7 Å². The normalized spacial score (nSPS) is 10.4. The highest BCUT2D eigenvalue weighted by Crippen LogP contribution is 2.10. The highest BCUT2D eigenvalue weighted by Gasteiger charge is 2.04. The van der Waals surface area contributed by atoms with Gasteiger partial charge in [-0.3, -0.25) is 9.59 Å². The Labute approximate surface area is 134 Å². The number of amides is 1. The van der Waals surface area contributed by atoms with Crippen molar-refractivity contribution in [1.82, 2.24) is 5.32 Å². The van der Waals surface area contributed by atoms with Crippen LogP contribution in [0, 0.1) is 0 Å². The lowest BCUT2D eigenvalue weighted by molar-refractivity contribution is -0.143. The van der Waals surface area contributed by atoms with Gasteiger partial charge in [0, 0.05) is 0 Å². The summed E-state index contributed by atoms with van der Waals surface area (Å²) in [6, 6.07) is 0. The first kappa shape index (κ1) is 20.2. The molecule has 1 N–H and O–H groups in total. The van der Waals surface area contributed by atoms with Crippen LogP contribution in [0.1, 0.15) is 71.1 Å². The summed E-state index contributed by atoms with van der Waals surface area (Å²) in [4.78, 5) is 22.1. The van der Waals surface area contributed by atoms with Crippen LogP contribution < -0.4 is 5.32 Å². The molecule has 0 unspecified atom stereocenters. The summed E-state index contributed by atoms with van der Waals surface area (Å²) >= 11 is 5.29. The molecule has 5 heteroatoms. The average Bonchev–Trinajstić information content (AvgIpc) is 2.50. The van der Waals surface area contributed by atoms with Crippen molar-refractivity contribution in [3.63, 3.8) is 0 Å². The highest BCUT2D eigenvalue weighted by atomic mass is 35.5. The van der Waals surface area contributed by atoms with E-state index in [1.165, 1.54) is 51.4 Å². The lowest BCUT2D eigenvalue weighted by Gasteiger charge is -2.05. The van der Waals surface area contributed by atoms with Crippen LogP contribution in [0.3, 0.4) is 0 Å². The first-order chi connectivity index (χ1) is 10.2. The summed E-state index contributed by atoms with van der Waals surface area (Å²) in [5.41, 5.74) is 0. The monoisotopic (exact) mass is 319 g/mol. The highest BCUT2D eigenvalue weighted by molar-refractivity contribution is 6.27. The molecule has 0 aliphatic carbocycles. The molecular weight excluding hydrogens is 290 g/mol. The van der Waals surface area contributed by atoms with Crippen LogP contribution in [0.2, 0.25) is 0 Å². The predicted molar refractivity (Wildman–Crippen MR) is 86.5 cm³/mol. The number of esters is 1. The van der Waals surface area contributed by atoms with E-state index in [2.05, 4.69) is 12.2 Å². The number of unbranched alkanes of at least 4 members (excludes halogenated alkanes) is 9. The van der Waals surface area contributed by atoms with Gasteiger partial charge in [0.15, 0.2) is 0 Å². The average molecular weight is 320 g/mol. The smallest absolute Gasteiger partial charge is 0.325 e. The Hall–Kier alpha value is -0.770. The molecule has 0 radical (unpaired) electrons. The van der Waals surface area contributed by atoms with Gasteiger partial charge in [0.2, 0.25) is 5.91 Å². The number of alkyl halides is 1. The van der Waals surface area contributed by atoms with Crippen molar-refractivity contribution in [2.45, 2.75) is 71.1 Å². The van der Waals surface area contributed by atoms with Gasteiger partial charge in [-0.05, 0) is 6.42 Å². The van der Waals surface area contributed by atoms with Crippen molar-refractivity contribution >= 4 is 23.5 Å². The zero-order valence-electron chi connectivity index (χ0n) is 13.3. The number of hydrogen-bond donors (Lipinski definition) is 1. The first-order valence-electron chi connectivity index (χ1n) is 8.19. The summed E-state index contributed by atoms with van der Waals surface area (Å²) in [6.07, 6.45) is 12.5. The van der Waals surface area contributed by atoms with Gasteiger partial charge in [0.25, 0.3) is 0 Å². The van der Waals surface area contributed by atoms with E-state index in [9.17, 15) is 9.59 Å². The van der Waals surface area contributed by atoms with Gasteiger partial charge in [-0.25, -0.2) is 0 Å². The largest absolute Gasteiger partial charge is 0.464 e. The Kier molecular flexibility index (Phi) is 15.0. The maximum atomic E-state index is 11.2. The Balaban J connectivity index is 3.18. The van der Waals surface area contributed by atoms with Gasteiger partial charge >= 0.3 is 5.97 Å². The van der Waals surface area contributed by atoms with E-state index in [0.717, 1.165) is 12.8 Å². The summed E-state index contributed by atoms with van der Waals surface area (Å²) in [7, 11) is 0. The molecule has 1 amide bonds. The second-order valence-corrected chi connectivity index (χ2v) is 5.58. The third kappa shape index (κ3) is 15.4. The molecule has 124 valence electrons. The molecule has 0 saturated heterocycles. The van der Waals surface area contributed by atoms with Crippen molar-refractivity contribution in [1.29, 1.82) is 0 Å². The topological polar surface area (TPSA) is 55.4 Å². The van der Waals surface area contributed by atoms with E-state index < -0.39 is 5.97 Å². The van der Waals surface area contributed by atoms with Gasteiger partial charge in [0.1, 0.15) is 12.4 Å². The van der Waals surface area contributed by atoms with Crippen molar-refractivity contribution in [3.05, 3.63) is 0 Å². The Morgan fingerprint density at radius 3 is 1.95 bits per heavy atom. The van der Waals surface area contributed by atoms with E-state index >= 15 is 0 Å². The summed E-state index contributed by atoms with van der Waals surface area (Å²) < 4.78 is 5.01. The molecule has 0 rings (SSSR count). The van der Waals surface area contributed by atoms with Crippen molar-refractivity contribution in [2.24, 2.45) is 0 Å². The van der Waals surface area contributed by atoms with Crippen molar-refractivity contribution < 1.29 is 14.3 Å². The predicted octanol–water partition coefficient (Wildman–Crippen LogP) is 3.81. The molecule has 0 saturated carbocycles. The van der Waals surface area contributed by atoms with Crippen molar-refractivity contribution in [2.75, 3.05) is 19.0 Å². The number of ether oxygens (including phenoxy) is 1.